The van der Waals surface area contributed by atoms with Crippen LogP contribution in [0.5, 0.6) is 5.75 Å². The Bertz CT molecular complexity index is 860. The van der Waals surface area contributed by atoms with Crippen molar-refractivity contribution in [2.75, 3.05) is 11.9 Å². The smallest absolute Gasteiger partial charge is 0.200 e. The number of ether oxygens (including phenoxy) is 1. The maximum atomic E-state index is 9.59. The van der Waals surface area contributed by atoms with Crippen LogP contribution in [0.25, 0.3) is 11.2 Å². The number of phenolic OH excluding ortho intramolecular Hbond substituents is 1. The molecule has 1 saturated heterocycles. The number of hydrogen-bond donors (Lipinski definition) is 2. The van der Waals surface area contributed by atoms with Crippen LogP contribution in [0.2, 0.25) is 0 Å². The first-order chi connectivity index (χ1) is 11.2. The monoisotopic (exact) mass is 375 g/mol. The minimum atomic E-state index is -0.0320. The number of aromatic nitrogens is 4. The van der Waals surface area contributed by atoms with Crippen molar-refractivity contribution in [3.8, 4) is 5.75 Å². The van der Waals surface area contributed by atoms with Crippen molar-refractivity contribution in [2.24, 2.45) is 0 Å². The van der Waals surface area contributed by atoms with Crippen molar-refractivity contribution in [1.29, 1.82) is 0 Å². The van der Waals surface area contributed by atoms with Crippen LogP contribution in [0.3, 0.4) is 0 Å². The molecule has 23 heavy (non-hydrogen) atoms. The fourth-order valence-electron chi connectivity index (χ4n) is 2.69. The number of halogens is 1. The highest BCUT2D eigenvalue weighted by Gasteiger charge is 2.22. The van der Waals surface area contributed by atoms with Gasteiger partial charge >= 0.3 is 0 Å². The van der Waals surface area contributed by atoms with Crippen molar-refractivity contribution in [3.63, 3.8) is 0 Å². The van der Waals surface area contributed by atoms with Gasteiger partial charge in [0.05, 0.1) is 6.33 Å². The molecule has 0 amide bonds. The molecule has 8 heteroatoms. The minimum absolute atomic E-state index is 0.0320. The molecule has 0 saturated carbocycles. The van der Waals surface area contributed by atoms with Gasteiger partial charge in [-0.15, -0.1) is 0 Å². The molecule has 3 heterocycles. The summed E-state index contributed by atoms with van der Waals surface area (Å²) < 4.78 is 8.11. The van der Waals surface area contributed by atoms with Crippen LogP contribution in [-0.4, -0.2) is 31.2 Å². The lowest BCUT2D eigenvalue weighted by Gasteiger charge is -2.12. The summed E-state index contributed by atoms with van der Waals surface area (Å²) in [5.41, 5.74) is 2.09. The van der Waals surface area contributed by atoms with E-state index in [1.165, 1.54) is 0 Å². The van der Waals surface area contributed by atoms with E-state index in [-0.39, 0.29) is 12.0 Å². The van der Waals surface area contributed by atoms with E-state index < -0.39 is 0 Å². The van der Waals surface area contributed by atoms with Crippen LogP contribution in [0.1, 0.15) is 19.1 Å². The number of rotatable bonds is 3. The van der Waals surface area contributed by atoms with E-state index in [0.29, 0.717) is 21.7 Å². The van der Waals surface area contributed by atoms with E-state index in [1.807, 2.05) is 10.6 Å². The first-order valence-electron chi connectivity index (χ1n) is 7.28. The molecule has 3 aromatic rings. The number of phenols is 1. The zero-order valence-electron chi connectivity index (χ0n) is 12.1. The lowest BCUT2D eigenvalue weighted by Crippen LogP contribution is -2.07. The van der Waals surface area contributed by atoms with Crippen LogP contribution in [-0.2, 0) is 4.74 Å². The third-order valence-electron chi connectivity index (χ3n) is 3.72. The first-order valence-corrected chi connectivity index (χ1v) is 8.08. The van der Waals surface area contributed by atoms with Gasteiger partial charge in [0.15, 0.2) is 17.0 Å². The van der Waals surface area contributed by atoms with E-state index in [0.717, 1.165) is 25.1 Å². The number of nitrogens with one attached hydrogen (secondary N) is 1. The van der Waals surface area contributed by atoms with Gasteiger partial charge in [0.1, 0.15) is 12.0 Å². The predicted octanol–water partition coefficient (Wildman–Crippen LogP) is 3.35. The molecule has 1 atom stereocenters. The van der Waals surface area contributed by atoms with Crippen LogP contribution in [0.15, 0.2) is 35.3 Å². The van der Waals surface area contributed by atoms with Gasteiger partial charge in [-0.05, 0) is 40.9 Å². The third-order valence-corrected chi connectivity index (χ3v) is 4.07. The minimum Gasteiger partial charge on any atom is -0.508 e. The van der Waals surface area contributed by atoms with Gasteiger partial charge < -0.3 is 15.2 Å². The van der Waals surface area contributed by atoms with Gasteiger partial charge in [-0.1, -0.05) is 6.07 Å². The zero-order valence-corrected chi connectivity index (χ0v) is 13.7. The van der Waals surface area contributed by atoms with Crippen molar-refractivity contribution < 1.29 is 9.84 Å². The van der Waals surface area contributed by atoms with Gasteiger partial charge in [0.25, 0.3) is 0 Å². The Balaban J connectivity index is 1.77. The van der Waals surface area contributed by atoms with Crippen molar-refractivity contribution in [2.45, 2.75) is 19.1 Å². The van der Waals surface area contributed by atoms with Crippen molar-refractivity contribution in [3.05, 3.63) is 35.3 Å². The van der Waals surface area contributed by atoms with E-state index in [4.69, 9.17) is 4.74 Å². The Morgan fingerprint density at radius 1 is 1.35 bits per heavy atom. The fraction of sp³-hybridized carbons (Fsp3) is 0.267. The number of nitrogens with zero attached hydrogens (tertiary/aromatic N) is 4. The summed E-state index contributed by atoms with van der Waals surface area (Å²) in [5.74, 6) is 0.758. The second-order valence-corrected chi connectivity index (χ2v) is 6.02. The number of fused-ring (bicyclic) bond motifs is 1. The molecular formula is C15H14BrN5O2. The van der Waals surface area contributed by atoms with Crippen LogP contribution >= 0.6 is 15.9 Å². The van der Waals surface area contributed by atoms with Gasteiger partial charge in [0.2, 0.25) is 4.73 Å². The van der Waals surface area contributed by atoms with E-state index >= 15 is 0 Å². The summed E-state index contributed by atoms with van der Waals surface area (Å²) in [6.07, 6.45) is 3.68. The summed E-state index contributed by atoms with van der Waals surface area (Å²) in [6.45, 7) is 0.755. The van der Waals surface area contributed by atoms with Gasteiger partial charge in [-0.2, -0.15) is 0 Å². The normalized spacial score (nSPS) is 17.7. The van der Waals surface area contributed by atoms with Gasteiger partial charge in [0, 0.05) is 18.4 Å². The van der Waals surface area contributed by atoms with Gasteiger partial charge in [-0.25, -0.2) is 15.0 Å². The molecule has 1 aliphatic rings. The Morgan fingerprint density at radius 3 is 3.04 bits per heavy atom. The van der Waals surface area contributed by atoms with E-state index in [1.54, 1.807) is 24.5 Å². The predicted molar refractivity (Wildman–Crippen MR) is 88.6 cm³/mol. The molecule has 4 rings (SSSR count). The Labute approximate surface area is 140 Å². The number of imidazole rings is 1. The highest BCUT2D eigenvalue weighted by atomic mass is 79.9. The van der Waals surface area contributed by atoms with E-state index in [2.05, 4.69) is 36.2 Å². The van der Waals surface area contributed by atoms with Crippen LogP contribution in [0, 0.1) is 0 Å². The summed E-state index contributed by atoms with van der Waals surface area (Å²) >= 11 is 3.35. The number of aromatic hydroxyl groups is 1. The molecule has 0 aliphatic carbocycles. The molecule has 118 valence electrons. The maximum Gasteiger partial charge on any atom is 0.200 e. The van der Waals surface area contributed by atoms with Crippen LogP contribution in [0.4, 0.5) is 11.5 Å². The summed E-state index contributed by atoms with van der Waals surface area (Å²) in [5, 5.41) is 12.8. The molecular weight excluding hydrogens is 362 g/mol. The van der Waals surface area contributed by atoms with Crippen molar-refractivity contribution >= 4 is 38.6 Å². The van der Waals surface area contributed by atoms with E-state index in [9.17, 15) is 5.11 Å². The number of hydrogen-bond acceptors (Lipinski definition) is 6. The highest BCUT2D eigenvalue weighted by molar-refractivity contribution is 9.10. The Hall–Kier alpha value is -2.19. The molecule has 1 aromatic carbocycles. The number of anilines is 2. The summed E-state index contributed by atoms with van der Waals surface area (Å²) in [4.78, 5) is 13.2. The maximum absolute atomic E-state index is 9.59. The molecule has 1 fully saturated rings. The van der Waals surface area contributed by atoms with Gasteiger partial charge in [-0.3, -0.25) is 4.57 Å². The van der Waals surface area contributed by atoms with Crippen LogP contribution < -0.4 is 5.32 Å². The largest absolute Gasteiger partial charge is 0.508 e. The average molecular weight is 376 g/mol. The summed E-state index contributed by atoms with van der Waals surface area (Å²) in [7, 11) is 0. The SMILES string of the molecule is Oc1cccc(Nc2nc(Br)nc3c2ncn3C2CCCO2)c1. The first kappa shape index (κ1) is 14.4. The molecule has 2 aromatic heterocycles. The Kier molecular flexibility index (Phi) is 3.62. The lowest BCUT2D eigenvalue weighted by atomic mass is 10.3. The third kappa shape index (κ3) is 2.75. The summed E-state index contributed by atoms with van der Waals surface area (Å²) in [6, 6.07) is 6.84. The number of benzene rings is 1. The molecule has 0 bridgehead atoms. The molecule has 0 spiro atoms. The molecule has 1 aliphatic heterocycles. The highest BCUT2D eigenvalue weighted by Crippen LogP contribution is 2.30. The molecule has 7 nitrogen and oxygen atoms in total. The topological polar surface area (TPSA) is 85.1 Å². The second-order valence-electron chi connectivity index (χ2n) is 5.31. The van der Waals surface area contributed by atoms with Crippen molar-refractivity contribution in [1.82, 2.24) is 19.5 Å². The second kappa shape index (κ2) is 5.78. The standard InChI is InChI=1S/C15H14BrN5O2/c16-15-19-13(18-9-3-1-4-10(22)7-9)12-14(20-15)21(8-17-12)11-5-2-6-23-11/h1,3-4,7-8,11,22H,2,5-6H2,(H,18,19,20). The zero-order chi connectivity index (χ0) is 15.8. The lowest BCUT2D eigenvalue weighted by molar-refractivity contribution is 0.0592. The fourth-order valence-corrected chi connectivity index (χ4v) is 3.03. The quantitative estimate of drug-likeness (QED) is 0.682. The average Bonchev–Trinajstić information content (AvgIpc) is 3.15. The Morgan fingerprint density at radius 2 is 2.26 bits per heavy atom. The molecule has 0 radical (unpaired) electrons. The molecule has 1 unspecified atom stereocenters. The molecule has 2 N–H and O–H groups in total.